The predicted molar refractivity (Wildman–Crippen MR) is 149 cm³/mol. The third-order valence-electron chi connectivity index (χ3n) is 12.4. The number of aliphatic hydroxyl groups excluding tert-OH is 1. The third-order valence-corrected chi connectivity index (χ3v) is 12.4. The molecule has 212 valence electrons. The molecule has 3 saturated carbocycles. The molecule has 0 amide bonds. The summed E-state index contributed by atoms with van der Waals surface area (Å²) in [5.74, 6) is 5.12. The molecule has 0 saturated heterocycles. The van der Waals surface area contributed by atoms with Gasteiger partial charge in [-0.15, -0.1) is 0 Å². The fourth-order valence-electron chi connectivity index (χ4n) is 10.3. The van der Waals surface area contributed by atoms with E-state index in [1.165, 1.54) is 24.8 Å². The smallest absolute Gasteiger partial charge is 0.231 e. The number of Topliss-reactive ketones (excluding diaryl/α,β-unsaturated/α-hetero) is 1. The zero-order chi connectivity index (χ0) is 27.1. The Balaban J connectivity index is 1.14. The monoisotopic (exact) mass is 535 g/mol. The van der Waals surface area contributed by atoms with Crippen LogP contribution in [0, 0.1) is 34.5 Å². The van der Waals surface area contributed by atoms with Crippen molar-refractivity contribution in [3.8, 4) is 17.2 Å². The molecule has 39 heavy (non-hydrogen) atoms. The molecule has 0 unspecified atom stereocenters. The summed E-state index contributed by atoms with van der Waals surface area (Å²) in [5, 5.41) is 10.4. The van der Waals surface area contributed by atoms with E-state index < -0.39 is 0 Å². The van der Waals surface area contributed by atoms with E-state index in [0.717, 1.165) is 73.6 Å². The SMILES string of the molecule is COc1c2c(cc3c1[C@H](CC(=O)C1=CC[C@@H]4[C@H]5CC[C@H]6C[C@@H](O)CC[C@]6(C)[C@H]5CC[C@@]14C)N(C)CC3)OCO2. The van der Waals surface area contributed by atoms with Crippen LogP contribution in [0.2, 0.25) is 0 Å². The number of nitrogens with zero attached hydrogens (tertiary/aromatic N) is 1. The molecular formula is C33H45NO5. The Morgan fingerprint density at radius 3 is 2.82 bits per heavy atom. The molecule has 0 radical (unpaired) electrons. The number of carbonyl (C=O) groups is 1. The highest BCUT2D eigenvalue weighted by atomic mass is 16.7. The van der Waals surface area contributed by atoms with E-state index in [1.807, 2.05) is 0 Å². The van der Waals surface area contributed by atoms with Gasteiger partial charge in [-0.05, 0) is 117 Å². The van der Waals surface area contributed by atoms with Gasteiger partial charge in [0.1, 0.15) is 0 Å². The van der Waals surface area contributed by atoms with Crippen LogP contribution < -0.4 is 14.2 Å². The number of benzene rings is 1. The molecule has 0 spiro atoms. The highest BCUT2D eigenvalue weighted by Gasteiger charge is 2.59. The van der Waals surface area contributed by atoms with Crippen molar-refractivity contribution in [1.82, 2.24) is 4.90 Å². The summed E-state index contributed by atoms with van der Waals surface area (Å²) in [6.07, 6.45) is 12.6. The molecule has 2 heterocycles. The number of allylic oxidation sites excluding steroid dienone is 2. The van der Waals surface area contributed by atoms with Crippen molar-refractivity contribution < 1.29 is 24.1 Å². The average Bonchev–Trinajstić information content (AvgIpc) is 3.53. The van der Waals surface area contributed by atoms with Gasteiger partial charge in [-0.25, -0.2) is 0 Å². The molecule has 1 aromatic carbocycles. The Labute approximate surface area is 233 Å². The maximum atomic E-state index is 14.2. The third kappa shape index (κ3) is 3.76. The number of carbonyl (C=O) groups excluding carboxylic acids is 1. The first-order chi connectivity index (χ1) is 18.7. The number of hydrogen-bond acceptors (Lipinski definition) is 6. The zero-order valence-electron chi connectivity index (χ0n) is 24.1. The van der Waals surface area contributed by atoms with Gasteiger partial charge in [0.2, 0.25) is 12.5 Å². The van der Waals surface area contributed by atoms with Crippen molar-refractivity contribution in [2.24, 2.45) is 34.5 Å². The number of ether oxygens (including phenoxy) is 3. The molecular weight excluding hydrogens is 490 g/mol. The molecule has 6 nitrogen and oxygen atoms in total. The van der Waals surface area contributed by atoms with Gasteiger partial charge in [-0.1, -0.05) is 19.9 Å². The quantitative estimate of drug-likeness (QED) is 0.522. The van der Waals surface area contributed by atoms with Crippen LogP contribution in [0.1, 0.15) is 88.8 Å². The van der Waals surface area contributed by atoms with Crippen LogP contribution in [0.25, 0.3) is 0 Å². The first-order valence-corrected chi connectivity index (χ1v) is 15.4. The van der Waals surface area contributed by atoms with Crippen LogP contribution in [0.3, 0.4) is 0 Å². The molecule has 4 aliphatic carbocycles. The van der Waals surface area contributed by atoms with Crippen LogP contribution in [-0.4, -0.2) is 49.4 Å². The second-order valence-electron chi connectivity index (χ2n) is 14.0. The molecule has 1 aromatic rings. The van der Waals surface area contributed by atoms with Crippen LogP contribution >= 0.6 is 0 Å². The van der Waals surface area contributed by atoms with E-state index in [-0.39, 0.29) is 24.4 Å². The van der Waals surface area contributed by atoms with Crippen molar-refractivity contribution in [3.05, 3.63) is 28.8 Å². The highest BCUT2D eigenvalue weighted by molar-refractivity contribution is 5.97. The molecule has 6 heteroatoms. The number of fused-ring (bicyclic) bond motifs is 7. The number of methoxy groups -OCH3 is 1. The molecule has 1 N–H and O–H groups in total. The molecule has 6 aliphatic rings. The lowest BCUT2D eigenvalue weighted by atomic mass is 9.44. The number of ketones is 1. The first kappa shape index (κ1) is 25.9. The second kappa shape index (κ2) is 9.24. The van der Waals surface area contributed by atoms with Crippen molar-refractivity contribution in [1.29, 1.82) is 0 Å². The van der Waals surface area contributed by atoms with E-state index in [2.05, 4.69) is 37.9 Å². The van der Waals surface area contributed by atoms with Crippen LogP contribution in [0.5, 0.6) is 17.2 Å². The van der Waals surface area contributed by atoms with Crippen molar-refractivity contribution >= 4 is 5.78 Å². The van der Waals surface area contributed by atoms with Crippen LogP contribution in [-0.2, 0) is 11.2 Å². The van der Waals surface area contributed by atoms with Crippen molar-refractivity contribution in [2.75, 3.05) is 27.5 Å². The first-order valence-electron chi connectivity index (χ1n) is 15.4. The van der Waals surface area contributed by atoms with Gasteiger partial charge in [0, 0.05) is 24.6 Å². The number of hydrogen-bond donors (Lipinski definition) is 1. The van der Waals surface area contributed by atoms with E-state index >= 15 is 0 Å². The normalized spacial score (nSPS) is 40.7. The Morgan fingerprint density at radius 2 is 2.00 bits per heavy atom. The Kier molecular flexibility index (Phi) is 6.13. The molecule has 0 aromatic heterocycles. The van der Waals surface area contributed by atoms with Gasteiger partial charge in [0.15, 0.2) is 17.3 Å². The Hall–Kier alpha value is -2.05. The lowest BCUT2D eigenvalue weighted by molar-refractivity contribution is -0.126. The molecule has 2 aliphatic heterocycles. The minimum atomic E-state index is -0.104. The summed E-state index contributed by atoms with van der Waals surface area (Å²) in [7, 11) is 3.82. The zero-order valence-corrected chi connectivity index (χ0v) is 24.1. The number of likely N-dealkylation sites (N-methyl/N-ethyl adjacent to an activating group) is 1. The number of rotatable bonds is 4. The van der Waals surface area contributed by atoms with E-state index in [4.69, 9.17) is 14.2 Å². The largest absolute Gasteiger partial charge is 0.492 e. The van der Waals surface area contributed by atoms with Gasteiger partial charge in [-0.2, -0.15) is 0 Å². The van der Waals surface area contributed by atoms with E-state index in [0.29, 0.717) is 41.1 Å². The number of aliphatic hydroxyl groups is 1. The lowest BCUT2D eigenvalue weighted by Gasteiger charge is -2.60. The Bertz CT molecular complexity index is 1210. The van der Waals surface area contributed by atoms with Crippen molar-refractivity contribution in [3.63, 3.8) is 0 Å². The molecule has 3 fully saturated rings. The fourth-order valence-corrected chi connectivity index (χ4v) is 10.3. The standard InChI is InChI=1S/C33H45NO5/c1-32-12-9-21(35)16-20(32)5-6-22-23-7-8-25(33(23,2)13-10-24(22)32)27(36)17-26-29-19(11-14-34(26)3)15-28-30(31(29)37-4)39-18-38-28/h8,15,20-24,26,35H,5-7,9-14,16-18H2,1-4H3/t20-,21-,22+,23+,24-,26-,32-,33+/m0/s1. The summed E-state index contributed by atoms with van der Waals surface area (Å²) in [6, 6.07) is 2.06. The minimum absolute atomic E-state index is 0.0231. The van der Waals surface area contributed by atoms with Gasteiger partial charge >= 0.3 is 0 Å². The van der Waals surface area contributed by atoms with E-state index in [1.54, 1.807) is 7.11 Å². The summed E-state index contributed by atoms with van der Waals surface area (Å²) < 4.78 is 17.4. The predicted octanol–water partition coefficient (Wildman–Crippen LogP) is 5.85. The fraction of sp³-hybridized carbons (Fsp3) is 0.727. The van der Waals surface area contributed by atoms with Crippen LogP contribution in [0.4, 0.5) is 0 Å². The van der Waals surface area contributed by atoms with Gasteiger partial charge in [0.05, 0.1) is 13.2 Å². The maximum absolute atomic E-state index is 14.2. The molecule has 8 atom stereocenters. The highest BCUT2D eigenvalue weighted by Crippen LogP contribution is 2.66. The van der Waals surface area contributed by atoms with Crippen molar-refractivity contribution in [2.45, 2.75) is 90.2 Å². The maximum Gasteiger partial charge on any atom is 0.231 e. The van der Waals surface area contributed by atoms with Gasteiger partial charge < -0.3 is 19.3 Å². The minimum Gasteiger partial charge on any atom is -0.492 e. The van der Waals surface area contributed by atoms with Gasteiger partial charge in [0.25, 0.3) is 0 Å². The molecule has 7 rings (SSSR count). The van der Waals surface area contributed by atoms with Gasteiger partial charge in [-0.3, -0.25) is 9.69 Å². The van der Waals surface area contributed by atoms with E-state index in [9.17, 15) is 9.90 Å². The lowest BCUT2D eigenvalue weighted by Crippen LogP contribution is -2.53. The summed E-state index contributed by atoms with van der Waals surface area (Å²) in [4.78, 5) is 16.5. The summed E-state index contributed by atoms with van der Waals surface area (Å²) >= 11 is 0. The molecule has 0 bridgehead atoms. The summed E-state index contributed by atoms with van der Waals surface area (Å²) in [5.41, 5.74) is 3.73. The van der Waals surface area contributed by atoms with Crippen LogP contribution in [0.15, 0.2) is 17.7 Å². The summed E-state index contributed by atoms with van der Waals surface area (Å²) in [6.45, 7) is 6.06. The topological polar surface area (TPSA) is 68.2 Å². The Morgan fingerprint density at radius 1 is 1.15 bits per heavy atom. The second-order valence-corrected chi connectivity index (χ2v) is 14.0. The average molecular weight is 536 g/mol.